The lowest BCUT2D eigenvalue weighted by Gasteiger charge is -2.11. The SMILES string of the molecule is N=C(N)CCCC[C@H](N)C(=O)Oc1ccc(-c2cc3ccccc3cn2)cc1. The van der Waals surface area contributed by atoms with Crippen molar-refractivity contribution in [3.05, 3.63) is 60.8 Å². The second-order valence-corrected chi connectivity index (χ2v) is 6.74. The van der Waals surface area contributed by atoms with Crippen molar-refractivity contribution in [3.8, 4) is 17.0 Å². The zero-order valence-electron chi connectivity index (χ0n) is 15.6. The summed E-state index contributed by atoms with van der Waals surface area (Å²) in [5.74, 6) is 0.144. The molecule has 0 bridgehead atoms. The van der Waals surface area contributed by atoms with Gasteiger partial charge < -0.3 is 16.2 Å². The van der Waals surface area contributed by atoms with Gasteiger partial charge in [-0.15, -0.1) is 0 Å². The summed E-state index contributed by atoms with van der Waals surface area (Å²) in [7, 11) is 0. The van der Waals surface area contributed by atoms with Gasteiger partial charge in [0.05, 0.1) is 11.5 Å². The van der Waals surface area contributed by atoms with Gasteiger partial charge >= 0.3 is 5.97 Å². The Bertz CT molecular complexity index is 970. The van der Waals surface area contributed by atoms with E-state index in [4.69, 9.17) is 21.6 Å². The predicted octanol–water partition coefficient (Wildman–Crippen LogP) is 3.63. The predicted molar refractivity (Wildman–Crippen MR) is 111 cm³/mol. The molecule has 0 unspecified atom stereocenters. The molecule has 1 aromatic heterocycles. The van der Waals surface area contributed by atoms with Gasteiger partial charge in [0.1, 0.15) is 11.8 Å². The van der Waals surface area contributed by atoms with Gasteiger partial charge in [-0.05, 0) is 48.6 Å². The maximum atomic E-state index is 12.1. The van der Waals surface area contributed by atoms with Crippen LogP contribution in [-0.2, 0) is 4.79 Å². The van der Waals surface area contributed by atoms with E-state index in [1.807, 2.05) is 42.6 Å². The summed E-state index contributed by atoms with van der Waals surface area (Å²) in [5, 5.41) is 9.40. The second-order valence-electron chi connectivity index (χ2n) is 6.74. The topological polar surface area (TPSA) is 115 Å². The fourth-order valence-electron chi connectivity index (χ4n) is 2.92. The van der Waals surface area contributed by atoms with E-state index in [2.05, 4.69) is 11.1 Å². The summed E-state index contributed by atoms with van der Waals surface area (Å²) in [5.41, 5.74) is 13.0. The minimum atomic E-state index is -0.686. The number of nitrogens with one attached hydrogen (secondary N) is 1. The number of pyridine rings is 1. The zero-order chi connectivity index (χ0) is 19.9. The Morgan fingerprint density at radius 2 is 1.79 bits per heavy atom. The van der Waals surface area contributed by atoms with Crippen LogP contribution in [-0.4, -0.2) is 22.8 Å². The summed E-state index contributed by atoms with van der Waals surface area (Å²) in [6.07, 6.45) is 4.34. The third-order valence-electron chi connectivity index (χ3n) is 4.51. The number of hydrogen-bond acceptors (Lipinski definition) is 5. The standard InChI is InChI=1S/C22H24N4O2/c23-19(7-3-4-8-21(24)25)22(27)28-18-11-9-15(10-12-18)20-13-16-5-1-2-6-17(16)14-26-20/h1-2,5-6,9-14,19H,3-4,7-8,23H2,(H3,24,25)/t19-/m0/s1. The summed E-state index contributed by atoms with van der Waals surface area (Å²) in [6.45, 7) is 0. The van der Waals surface area contributed by atoms with Gasteiger partial charge in [-0.25, -0.2) is 4.79 Å². The number of esters is 1. The Morgan fingerprint density at radius 1 is 1.07 bits per heavy atom. The van der Waals surface area contributed by atoms with Crippen molar-refractivity contribution in [2.75, 3.05) is 0 Å². The van der Waals surface area contributed by atoms with Gasteiger partial charge in [-0.2, -0.15) is 0 Å². The van der Waals surface area contributed by atoms with Crippen LogP contribution in [0.3, 0.4) is 0 Å². The number of fused-ring (bicyclic) bond motifs is 1. The van der Waals surface area contributed by atoms with Gasteiger partial charge in [0.2, 0.25) is 0 Å². The first kappa shape index (κ1) is 19.5. The number of hydrogen-bond donors (Lipinski definition) is 3. The molecule has 28 heavy (non-hydrogen) atoms. The van der Waals surface area contributed by atoms with Crippen molar-refractivity contribution in [2.45, 2.75) is 31.7 Å². The molecule has 0 aliphatic heterocycles. The van der Waals surface area contributed by atoms with Crippen LogP contribution in [0.4, 0.5) is 0 Å². The van der Waals surface area contributed by atoms with Gasteiger partial charge in [-0.1, -0.05) is 30.7 Å². The lowest BCUT2D eigenvalue weighted by atomic mass is 10.1. The lowest BCUT2D eigenvalue weighted by molar-refractivity contribution is -0.136. The van der Waals surface area contributed by atoms with Crippen LogP contribution >= 0.6 is 0 Å². The molecular weight excluding hydrogens is 352 g/mol. The molecule has 5 N–H and O–H groups in total. The third-order valence-corrected chi connectivity index (χ3v) is 4.51. The number of ether oxygens (including phenoxy) is 1. The van der Waals surface area contributed by atoms with Crippen molar-refractivity contribution in [1.29, 1.82) is 5.41 Å². The van der Waals surface area contributed by atoms with Gasteiger partial charge in [0.25, 0.3) is 0 Å². The number of nitrogens with zero attached hydrogens (tertiary/aromatic N) is 1. The van der Waals surface area contributed by atoms with Crippen LogP contribution in [0.15, 0.2) is 60.8 Å². The highest BCUT2D eigenvalue weighted by atomic mass is 16.5. The number of nitrogens with two attached hydrogens (primary N) is 2. The smallest absolute Gasteiger partial charge is 0.328 e. The van der Waals surface area contributed by atoms with E-state index in [-0.39, 0.29) is 5.84 Å². The minimum absolute atomic E-state index is 0.150. The van der Waals surface area contributed by atoms with Crippen molar-refractivity contribution in [2.24, 2.45) is 11.5 Å². The van der Waals surface area contributed by atoms with E-state index in [9.17, 15) is 4.79 Å². The Hall–Kier alpha value is -3.25. The fourth-order valence-corrected chi connectivity index (χ4v) is 2.92. The highest BCUT2D eigenvalue weighted by Gasteiger charge is 2.15. The lowest BCUT2D eigenvalue weighted by Crippen LogP contribution is -2.34. The molecule has 1 heterocycles. The molecule has 0 saturated heterocycles. The number of unbranched alkanes of at least 4 members (excludes halogenated alkanes) is 1. The maximum Gasteiger partial charge on any atom is 0.328 e. The van der Waals surface area contributed by atoms with Gasteiger partial charge in [-0.3, -0.25) is 10.4 Å². The molecule has 0 amide bonds. The molecule has 1 atom stereocenters. The summed E-state index contributed by atoms with van der Waals surface area (Å²) in [4.78, 5) is 16.6. The molecule has 0 saturated carbocycles. The zero-order valence-corrected chi connectivity index (χ0v) is 15.6. The van der Waals surface area contributed by atoms with Crippen LogP contribution in [0.2, 0.25) is 0 Å². The van der Waals surface area contributed by atoms with Gasteiger partial charge in [0, 0.05) is 23.6 Å². The Labute approximate surface area is 164 Å². The first-order valence-corrected chi connectivity index (χ1v) is 9.28. The molecule has 0 spiro atoms. The molecule has 0 fully saturated rings. The third kappa shape index (κ3) is 5.14. The molecule has 0 aliphatic rings. The Balaban J connectivity index is 1.59. The highest BCUT2D eigenvalue weighted by molar-refractivity contribution is 5.85. The highest BCUT2D eigenvalue weighted by Crippen LogP contribution is 2.24. The molecule has 6 heteroatoms. The number of aromatic nitrogens is 1. The second kappa shape index (κ2) is 9.10. The monoisotopic (exact) mass is 376 g/mol. The summed E-state index contributed by atoms with van der Waals surface area (Å²) >= 11 is 0. The van der Waals surface area contributed by atoms with E-state index < -0.39 is 12.0 Å². The van der Waals surface area contributed by atoms with E-state index in [0.717, 1.165) is 34.9 Å². The van der Waals surface area contributed by atoms with Crippen LogP contribution in [0.1, 0.15) is 25.7 Å². The molecule has 6 nitrogen and oxygen atoms in total. The largest absolute Gasteiger partial charge is 0.425 e. The molecule has 0 aliphatic carbocycles. The fraction of sp³-hybridized carbons (Fsp3) is 0.227. The molecule has 144 valence electrons. The maximum absolute atomic E-state index is 12.1. The van der Waals surface area contributed by atoms with Crippen molar-refractivity contribution in [1.82, 2.24) is 4.98 Å². The molecule has 2 aromatic carbocycles. The average Bonchev–Trinajstić information content (AvgIpc) is 2.71. The minimum Gasteiger partial charge on any atom is -0.425 e. The average molecular weight is 376 g/mol. The summed E-state index contributed by atoms with van der Waals surface area (Å²) < 4.78 is 5.36. The number of amidine groups is 1. The first-order valence-electron chi connectivity index (χ1n) is 9.28. The molecule has 0 radical (unpaired) electrons. The number of carbonyl (C=O) groups excluding carboxylic acids is 1. The molecule has 3 aromatic rings. The number of carbonyl (C=O) groups is 1. The van der Waals surface area contributed by atoms with Crippen LogP contribution in [0.25, 0.3) is 22.0 Å². The van der Waals surface area contributed by atoms with Gasteiger partial charge in [0.15, 0.2) is 0 Å². The van der Waals surface area contributed by atoms with Crippen molar-refractivity contribution >= 4 is 22.6 Å². The first-order chi connectivity index (χ1) is 13.5. The molecular formula is C22H24N4O2. The van der Waals surface area contributed by atoms with E-state index in [1.54, 1.807) is 12.1 Å². The Morgan fingerprint density at radius 3 is 2.50 bits per heavy atom. The quantitative estimate of drug-likeness (QED) is 0.183. The van der Waals surface area contributed by atoms with E-state index in [0.29, 0.717) is 18.6 Å². The number of benzene rings is 2. The van der Waals surface area contributed by atoms with Crippen LogP contribution < -0.4 is 16.2 Å². The van der Waals surface area contributed by atoms with E-state index in [1.165, 1.54) is 0 Å². The van der Waals surface area contributed by atoms with Crippen molar-refractivity contribution in [3.63, 3.8) is 0 Å². The van der Waals surface area contributed by atoms with Crippen LogP contribution in [0, 0.1) is 5.41 Å². The Kier molecular flexibility index (Phi) is 6.34. The van der Waals surface area contributed by atoms with E-state index >= 15 is 0 Å². The summed E-state index contributed by atoms with van der Waals surface area (Å²) in [6, 6.07) is 16.6. The van der Waals surface area contributed by atoms with Crippen LogP contribution in [0.5, 0.6) is 5.75 Å². The van der Waals surface area contributed by atoms with Crippen molar-refractivity contribution < 1.29 is 9.53 Å². The molecule has 3 rings (SSSR count). The number of rotatable bonds is 8. The normalized spacial score (nSPS) is 11.9.